The van der Waals surface area contributed by atoms with Crippen molar-refractivity contribution in [2.45, 2.75) is 33.5 Å². The van der Waals surface area contributed by atoms with Crippen LogP contribution in [0.2, 0.25) is 0 Å². The Morgan fingerprint density at radius 1 is 1.33 bits per heavy atom. The van der Waals surface area contributed by atoms with Gasteiger partial charge in [0.25, 0.3) is 5.91 Å². The van der Waals surface area contributed by atoms with E-state index in [9.17, 15) is 4.79 Å². The van der Waals surface area contributed by atoms with E-state index in [0.29, 0.717) is 31.0 Å². The first-order valence-corrected chi connectivity index (χ1v) is 7.84. The quantitative estimate of drug-likeness (QED) is 0.726. The summed E-state index contributed by atoms with van der Waals surface area (Å²) < 4.78 is 9.39. The number of imidazole rings is 1. The number of furan rings is 1. The maximum Gasteiger partial charge on any atom is 0.257 e. The standard InChI is InChI=1S/C16H18N6O2/c1-11-5-14(12(2)24-11)16(23)20-3-4-22-13(6-18-15(22)8-20)7-21-10-17-9-19-21/h5-6,9-10H,3-4,7-8H2,1-2H3. The molecule has 0 saturated carbocycles. The lowest BCUT2D eigenvalue weighted by Crippen LogP contribution is -2.39. The molecule has 0 spiro atoms. The predicted octanol–water partition coefficient (Wildman–Crippen LogP) is 1.39. The van der Waals surface area contributed by atoms with E-state index in [4.69, 9.17) is 4.42 Å². The molecule has 0 unspecified atom stereocenters. The molecule has 124 valence electrons. The Labute approximate surface area is 138 Å². The molecule has 8 heteroatoms. The molecule has 0 aliphatic carbocycles. The molecule has 4 rings (SSSR count). The van der Waals surface area contributed by atoms with E-state index < -0.39 is 0 Å². The summed E-state index contributed by atoms with van der Waals surface area (Å²) in [7, 11) is 0. The monoisotopic (exact) mass is 326 g/mol. The molecule has 24 heavy (non-hydrogen) atoms. The van der Waals surface area contributed by atoms with E-state index in [0.717, 1.165) is 23.8 Å². The van der Waals surface area contributed by atoms with Crippen molar-refractivity contribution in [1.82, 2.24) is 29.2 Å². The summed E-state index contributed by atoms with van der Waals surface area (Å²) in [5, 5.41) is 4.12. The lowest BCUT2D eigenvalue weighted by Gasteiger charge is -2.28. The van der Waals surface area contributed by atoms with Crippen LogP contribution in [0, 0.1) is 13.8 Å². The fourth-order valence-electron chi connectivity index (χ4n) is 3.12. The van der Waals surface area contributed by atoms with Gasteiger partial charge in [-0.1, -0.05) is 0 Å². The van der Waals surface area contributed by atoms with Gasteiger partial charge in [-0.05, 0) is 19.9 Å². The molecule has 1 aliphatic rings. The zero-order valence-corrected chi connectivity index (χ0v) is 13.6. The normalized spacial score (nSPS) is 14.0. The second kappa shape index (κ2) is 5.63. The predicted molar refractivity (Wildman–Crippen MR) is 84.3 cm³/mol. The molecule has 0 aromatic carbocycles. The van der Waals surface area contributed by atoms with Crippen molar-refractivity contribution >= 4 is 5.91 Å². The SMILES string of the molecule is Cc1cc(C(=O)N2CCn3c(Cn4cncn4)cnc3C2)c(C)o1. The van der Waals surface area contributed by atoms with E-state index in [1.165, 1.54) is 6.33 Å². The molecule has 0 N–H and O–H groups in total. The van der Waals surface area contributed by atoms with Gasteiger partial charge in [0, 0.05) is 13.1 Å². The number of rotatable bonds is 3. The van der Waals surface area contributed by atoms with Gasteiger partial charge in [-0.25, -0.2) is 14.6 Å². The summed E-state index contributed by atoms with van der Waals surface area (Å²) in [6.45, 7) is 6.17. The smallest absolute Gasteiger partial charge is 0.257 e. The van der Waals surface area contributed by atoms with E-state index >= 15 is 0 Å². The number of amides is 1. The van der Waals surface area contributed by atoms with Crippen LogP contribution in [0.15, 0.2) is 29.3 Å². The highest BCUT2D eigenvalue weighted by molar-refractivity contribution is 5.95. The van der Waals surface area contributed by atoms with Crippen LogP contribution >= 0.6 is 0 Å². The van der Waals surface area contributed by atoms with Gasteiger partial charge >= 0.3 is 0 Å². The van der Waals surface area contributed by atoms with Crippen LogP contribution in [0.5, 0.6) is 0 Å². The van der Waals surface area contributed by atoms with Gasteiger partial charge in [0.15, 0.2) is 0 Å². The molecule has 0 fully saturated rings. The summed E-state index contributed by atoms with van der Waals surface area (Å²) in [6, 6.07) is 1.80. The number of hydrogen-bond donors (Lipinski definition) is 0. The number of hydrogen-bond acceptors (Lipinski definition) is 5. The molecule has 1 amide bonds. The second-order valence-corrected chi connectivity index (χ2v) is 5.96. The van der Waals surface area contributed by atoms with Gasteiger partial charge in [-0.3, -0.25) is 4.79 Å². The highest BCUT2D eigenvalue weighted by atomic mass is 16.3. The van der Waals surface area contributed by atoms with E-state index in [1.807, 2.05) is 24.9 Å². The third-order valence-corrected chi connectivity index (χ3v) is 4.30. The number of aryl methyl sites for hydroxylation is 2. The Hall–Kier alpha value is -2.90. The Morgan fingerprint density at radius 2 is 2.21 bits per heavy atom. The molecular formula is C16H18N6O2. The highest BCUT2D eigenvalue weighted by Gasteiger charge is 2.26. The van der Waals surface area contributed by atoms with Gasteiger partial charge in [-0.15, -0.1) is 0 Å². The number of carbonyl (C=O) groups is 1. The first kappa shape index (κ1) is 14.7. The average molecular weight is 326 g/mol. The summed E-state index contributed by atoms with van der Waals surface area (Å²) in [4.78, 5) is 23.0. The Balaban J connectivity index is 1.53. The van der Waals surface area contributed by atoms with Crippen molar-refractivity contribution < 1.29 is 9.21 Å². The summed E-state index contributed by atoms with van der Waals surface area (Å²) >= 11 is 0. The minimum absolute atomic E-state index is 0.00331. The third-order valence-electron chi connectivity index (χ3n) is 4.30. The van der Waals surface area contributed by atoms with Crippen LogP contribution in [-0.2, 0) is 19.6 Å². The van der Waals surface area contributed by atoms with Gasteiger partial charge in [0.2, 0.25) is 0 Å². The molecule has 0 bridgehead atoms. The number of fused-ring (bicyclic) bond motifs is 1. The summed E-state index contributed by atoms with van der Waals surface area (Å²) in [5.74, 6) is 2.31. The van der Waals surface area contributed by atoms with Crippen LogP contribution in [0.25, 0.3) is 0 Å². The first-order valence-electron chi connectivity index (χ1n) is 7.84. The molecule has 1 aliphatic heterocycles. The van der Waals surface area contributed by atoms with Gasteiger partial charge < -0.3 is 13.9 Å². The lowest BCUT2D eigenvalue weighted by molar-refractivity contribution is 0.0704. The van der Waals surface area contributed by atoms with Crippen molar-refractivity contribution in [3.8, 4) is 0 Å². The fourth-order valence-corrected chi connectivity index (χ4v) is 3.12. The van der Waals surface area contributed by atoms with E-state index in [-0.39, 0.29) is 5.91 Å². The number of carbonyl (C=O) groups excluding carboxylic acids is 1. The first-order chi connectivity index (χ1) is 11.6. The molecule has 3 aromatic rings. The van der Waals surface area contributed by atoms with Crippen molar-refractivity contribution in [3.05, 3.63) is 53.5 Å². The summed E-state index contributed by atoms with van der Waals surface area (Å²) in [6.07, 6.45) is 5.05. The topological polar surface area (TPSA) is 82.0 Å². The summed E-state index contributed by atoms with van der Waals surface area (Å²) in [5.41, 5.74) is 1.70. The Morgan fingerprint density at radius 3 is 2.92 bits per heavy atom. The molecule has 0 saturated heterocycles. The van der Waals surface area contributed by atoms with Crippen LogP contribution in [-0.4, -0.2) is 41.7 Å². The molecule has 0 atom stereocenters. The van der Waals surface area contributed by atoms with Crippen molar-refractivity contribution in [2.24, 2.45) is 0 Å². The Bertz CT molecular complexity index is 877. The van der Waals surface area contributed by atoms with Crippen molar-refractivity contribution in [3.63, 3.8) is 0 Å². The number of aromatic nitrogens is 5. The lowest BCUT2D eigenvalue weighted by atomic mass is 10.2. The van der Waals surface area contributed by atoms with Gasteiger partial charge in [-0.2, -0.15) is 5.10 Å². The maximum absolute atomic E-state index is 12.7. The molecule has 0 radical (unpaired) electrons. The maximum atomic E-state index is 12.7. The van der Waals surface area contributed by atoms with Crippen molar-refractivity contribution in [2.75, 3.05) is 6.54 Å². The van der Waals surface area contributed by atoms with Gasteiger partial charge in [0.1, 0.15) is 30.0 Å². The molecule has 8 nitrogen and oxygen atoms in total. The minimum Gasteiger partial charge on any atom is -0.466 e. The molecule has 3 aromatic heterocycles. The Kier molecular flexibility index (Phi) is 3.44. The van der Waals surface area contributed by atoms with Crippen LogP contribution in [0.1, 0.15) is 33.4 Å². The number of nitrogens with zero attached hydrogens (tertiary/aromatic N) is 6. The van der Waals surface area contributed by atoms with Gasteiger partial charge in [0.05, 0.1) is 30.5 Å². The van der Waals surface area contributed by atoms with Crippen LogP contribution < -0.4 is 0 Å². The molecule has 4 heterocycles. The largest absolute Gasteiger partial charge is 0.466 e. The molecular weight excluding hydrogens is 308 g/mol. The fraction of sp³-hybridized carbons (Fsp3) is 0.375. The average Bonchev–Trinajstić information content (AvgIpc) is 3.28. The minimum atomic E-state index is -0.00331. The van der Waals surface area contributed by atoms with E-state index in [2.05, 4.69) is 19.6 Å². The van der Waals surface area contributed by atoms with Crippen LogP contribution in [0.4, 0.5) is 0 Å². The van der Waals surface area contributed by atoms with Crippen molar-refractivity contribution in [1.29, 1.82) is 0 Å². The second-order valence-electron chi connectivity index (χ2n) is 5.96. The zero-order chi connectivity index (χ0) is 16.7. The highest BCUT2D eigenvalue weighted by Crippen LogP contribution is 2.20. The van der Waals surface area contributed by atoms with E-state index in [1.54, 1.807) is 17.1 Å². The van der Waals surface area contributed by atoms with Crippen LogP contribution in [0.3, 0.4) is 0 Å². The zero-order valence-electron chi connectivity index (χ0n) is 13.6. The third kappa shape index (κ3) is 2.49.